The van der Waals surface area contributed by atoms with Gasteiger partial charge in [-0.1, -0.05) is 30.3 Å². The highest BCUT2D eigenvalue weighted by molar-refractivity contribution is 6.07. The van der Waals surface area contributed by atoms with Gasteiger partial charge in [0.15, 0.2) is 0 Å². The van der Waals surface area contributed by atoms with Gasteiger partial charge >= 0.3 is 12.2 Å². The molecule has 0 saturated heterocycles. The second kappa shape index (κ2) is 9.46. The molecular formula is C22H17F4N3O3. The predicted molar refractivity (Wildman–Crippen MR) is 108 cm³/mol. The summed E-state index contributed by atoms with van der Waals surface area (Å²) in [6, 6.07) is 12.1. The lowest BCUT2D eigenvalue weighted by atomic mass is 10.1. The van der Waals surface area contributed by atoms with Crippen LogP contribution in [-0.2, 0) is 0 Å². The summed E-state index contributed by atoms with van der Waals surface area (Å²) < 4.78 is 58.5. The van der Waals surface area contributed by atoms with Gasteiger partial charge in [0.25, 0.3) is 5.91 Å². The highest BCUT2D eigenvalue weighted by Gasteiger charge is 2.43. The first kappa shape index (κ1) is 22.7. The number of carbonyl (C=O) groups is 2. The SMILES string of the molecule is Cc1cc(NC(=O)NC(=O)c2ccc(F)cc2)cnc1OC(c1ccccc1)C(F)(F)F. The molecule has 0 aliphatic rings. The highest BCUT2D eigenvalue weighted by Crippen LogP contribution is 2.37. The number of ether oxygens (including phenoxy) is 1. The first-order valence-electron chi connectivity index (χ1n) is 9.26. The molecule has 1 heterocycles. The van der Waals surface area contributed by atoms with Gasteiger partial charge in [-0.3, -0.25) is 10.1 Å². The average Bonchev–Trinajstić information content (AvgIpc) is 2.73. The van der Waals surface area contributed by atoms with Crippen LogP contribution in [0.4, 0.5) is 28.0 Å². The molecule has 0 aliphatic carbocycles. The van der Waals surface area contributed by atoms with E-state index in [9.17, 15) is 27.2 Å². The number of amides is 3. The Hall–Kier alpha value is -3.95. The smallest absolute Gasteiger partial charge is 0.429 e. The third kappa shape index (κ3) is 5.81. The van der Waals surface area contributed by atoms with Crippen molar-refractivity contribution in [3.63, 3.8) is 0 Å². The van der Waals surface area contributed by atoms with Crippen LogP contribution in [-0.4, -0.2) is 23.1 Å². The quantitative estimate of drug-likeness (QED) is 0.529. The van der Waals surface area contributed by atoms with E-state index in [1.165, 1.54) is 49.4 Å². The van der Waals surface area contributed by atoms with Gasteiger partial charge in [-0.2, -0.15) is 13.2 Å². The van der Waals surface area contributed by atoms with Crippen LogP contribution in [0.15, 0.2) is 66.9 Å². The maximum absolute atomic E-state index is 13.5. The van der Waals surface area contributed by atoms with Gasteiger partial charge in [0.05, 0.1) is 11.9 Å². The van der Waals surface area contributed by atoms with Crippen LogP contribution in [0, 0.1) is 12.7 Å². The van der Waals surface area contributed by atoms with Gasteiger partial charge in [-0.25, -0.2) is 14.2 Å². The number of rotatable bonds is 5. The number of benzene rings is 2. The van der Waals surface area contributed by atoms with Crippen LogP contribution in [0.3, 0.4) is 0 Å². The molecular weight excluding hydrogens is 430 g/mol. The Kier molecular flexibility index (Phi) is 6.72. The van der Waals surface area contributed by atoms with Crippen molar-refractivity contribution in [1.82, 2.24) is 10.3 Å². The van der Waals surface area contributed by atoms with E-state index in [2.05, 4.69) is 15.6 Å². The first-order chi connectivity index (χ1) is 15.1. The topological polar surface area (TPSA) is 80.3 Å². The molecule has 32 heavy (non-hydrogen) atoms. The molecule has 0 fully saturated rings. The lowest BCUT2D eigenvalue weighted by Gasteiger charge is -2.22. The van der Waals surface area contributed by atoms with Crippen LogP contribution >= 0.6 is 0 Å². The van der Waals surface area contributed by atoms with Gasteiger partial charge in [-0.05, 0) is 37.3 Å². The van der Waals surface area contributed by atoms with Crippen LogP contribution in [0.2, 0.25) is 0 Å². The van der Waals surface area contributed by atoms with E-state index in [1.54, 1.807) is 6.07 Å². The van der Waals surface area contributed by atoms with Gasteiger partial charge in [0.1, 0.15) is 5.82 Å². The number of aromatic nitrogens is 1. The molecule has 1 unspecified atom stereocenters. The summed E-state index contributed by atoms with van der Waals surface area (Å²) in [6.45, 7) is 1.47. The highest BCUT2D eigenvalue weighted by atomic mass is 19.4. The summed E-state index contributed by atoms with van der Waals surface area (Å²) in [6.07, 6.45) is -5.79. The van der Waals surface area contributed by atoms with E-state index in [0.29, 0.717) is 0 Å². The van der Waals surface area contributed by atoms with Gasteiger partial charge < -0.3 is 10.1 Å². The molecule has 3 aromatic rings. The number of nitrogens with one attached hydrogen (secondary N) is 2. The van der Waals surface area contributed by atoms with Gasteiger partial charge in [-0.15, -0.1) is 0 Å². The maximum atomic E-state index is 13.5. The Balaban J connectivity index is 1.68. The molecule has 3 amide bonds. The van der Waals surface area contributed by atoms with Crippen molar-refractivity contribution in [2.75, 3.05) is 5.32 Å². The standard InChI is InChI=1S/C22H17F4N3O3/c1-13-11-17(28-21(31)29-19(30)15-7-9-16(23)10-8-15)12-27-20(13)32-18(22(24,25)26)14-5-3-2-4-6-14/h2-12,18H,1H3,(H2,28,29,30,31). The number of hydrogen-bond donors (Lipinski definition) is 2. The van der Waals surface area contributed by atoms with Crippen molar-refractivity contribution in [1.29, 1.82) is 0 Å². The van der Waals surface area contributed by atoms with Crippen LogP contribution in [0.1, 0.15) is 27.6 Å². The molecule has 10 heteroatoms. The fraction of sp³-hybridized carbons (Fsp3) is 0.136. The van der Waals surface area contributed by atoms with Crippen molar-refractivity contribution < 1.29 is 31.9 Å². The lowest BCUT2D eigenvalue weighted by Crippen LogP contribution is -2.34. The molecule has 0 spiro atoms. The van der Waals surface area contributed by atoms with Crippen molar-refractivity contribution in [3.8, 4) is 5.88 Å². The number of aryl methyl sites for hydroxylation is 1. The summed E-state index contributed by atoms with van der Waals surface area (Å²) in [5, 5.41) is 4.40. The van der Waals surface area contributed by atoms with Crippen LogP contribution in [0.5, 0.6) is 5.88 Å². The Bertz CT molecular complexity index is 1100. The molecule has 2 aromatic carbocycles. The number of urea groups is 1. The van der Waals surface area contributed by atoms with Gasteiger partial charge in [0.2, 0.25) is 12.0 Å². The number of alkyl halides is 3. The summed E-state index contributed by atoms with van der Waals surface area (Å²) in [7, 11) is 0. The minimum absolute atomic E-state index is 0.0682. The van der Waals surface area contributed by atoms with E-state index in [0.717, 1.165) is 18.3 Å². The average molecular weight is 447 g/mol. The fourth-order valence-corrected chi connectivity index (χ4v) is 2.76. The van der Waals surface area contributed by atoms with Crippen molar-refractivity contribution in [2.45, 2.75) is 19.2 Å². The van der Waals surface area contributed by atoms with Gasteiger partial charge in [0, 0.05) is 16.7 Å². The zero-order valence-electron chi connectivity index (χ0n) is 16.6. The molecule has 6 nitrogen and oxygen atoms in total. The third-order valence-electron chi connectivity index (χ3n) is 4.25. The number of hydrogen-bond acceptors (Lipinski definition) is 4. The largest absolute Gasteiger partial charge is 0.460 e. The molecule has 0 saturated carbocycles. The zero-order chi connectivity index (χ0) is 23.3. The molecule has 1 atom stereocenters. The van der Waals surface area contributed by atoms with Crippen LogP contribution in [0.25, 0.3) is 0 Å². The molecule has 1 aromatic heterocycles. The lowest BCUT2D eigenvalue weighted by molar-refractivity contribution is -0.198. The predicted octanol–water partition coefficient (Wildman–Crippen LogP) is 5.17. The number of anilines is 1. The monoisotopic (exact) mass is 447 g/mol. The van der Waals surface area contributed by atoms with E-state index in [1.807, 2.05) is 0 Å². The second-order valence-electron chi connectivity index (χ2n) is 6.71. The summed E-state index contributed by atoms with van der Waals surface area (Å²) in [5.41, 5.74) is 0.348. The molecule has 0 bridgehead atoms. The zero-order valence-corrected chi connectivity index (χ0v) is 16.6. The fourth-order valence-electron chi connectivity index (χ4n) is 2.76. The Morgan fingerprint density at radius 1 is 1.03 bits per heavy atom. The Labute approximate surface area is 180 Å². The first-order valence-corrected chi connectivity index (χ1v) is 9.26. The summed E-state index contributed by atoms with van der Waals surface area (Å²) in [4.78, 5) is 27.9. The summed E-state index contributed by atoms with van der Waals surface area (Å²) >= 11 is 0. The van der Waals surface area contributed by atoms with E-state index in [4.69, 9.17) is 4.74 Å². The van der Waals surface area contributed by atoms with E-state index >= 15 is 0 Å². The van der Waals surface area contributed by atoms with E-state index in [-0.39, 0.29) is 28.3 Å². The third-order valence-corrected chi connectivity index (χ3v) is 4.25. The molecule has 0 radical (unpaired) electrons. The van der Waals surface area contributed by atoms with Crippen LogP contribution < -0.4 is 15.4 Å². The number of pyridine rings is 1. The molecule has 3 rings (SSSR count). The molecule has 166 valence electrons. The Morgan fingerprint density at radius 3 is 2.28 bits per heavy atom. The number of halogens is 4. The normalized spacial score (nSPS) is 12.0. The van der Waals surface area contributed by atoms with E-state index < -0.39 is 30.0 Å². The number of imide groups is 1. The van der Waals surface area contributed by atoms with Crippen molar-refractivity contribution in [2.24, 2.45) is 0 Å². The second-order valence-corrected chi connectivity index (χ2v) is 6.71. The van der Waals surface area contributed by atoms with Crippen molar-refractivity contribution in [3.05, 3.63) is 89.4 Å². The number of carbonyl (C=O) groups excluding carboxylic acids is 2. The number of nitrogens with zero attached hydrogens (tertiary/aromatic N) is 1. The van der Waals surface area contributed by atoms with Crippen molar-refractivity contribution >= 4 is 17.6 Å². The molecule has 2 N–H and O–H groups in total. The Morgan fingerprint density at radius 2 is 1.69 bits per heavy atom. The molecule has 0 aliphatic heterocycles. The minimum atomic E-state index is -4.67. The maximum Gasteiger partial charge on any atom is 0.429 e. The minimum Gasteiger partial charge on any atom is -0.460 e. The summed E-state index contributed by atoms with van der Waals surface area (Å²) in [5.74, 6) is -1.55.